The van der Waals surface area contributed by atoms with Crippen LogP contribution >= 0.6 is 0 Å². The lowest BCUT2D eigenvalue weighted by Gasteiger charge is -2.13. The molecule has 0 bridgehead atoms. The molecule has 0 fully saturated rings. The van der Waals surface area contributed by atoms with E-state index in [0.717, 1.165) is 22.6 Å². The lowest BCUT2D eigenvalue weighted by molar-refractivity contribution is 0.835. The Labute approximate surface area is 107 Å². The fourth-order valence-corrected chi connectivity index (χ4v) is 2.10. The zero-order valence-corrected chi connectivity index (χ0v) is 11.2. The number of anilines is 1. The number of pyridine rings is 1. The molecule has 0 radical (unpaired) electrons. The van der Waals surface area contributed by atoms with Crippen LogP contribution in [-0.2, 0) is 0 Å². The molecular formula is C14H18N4. The monoisotopic (exact) mass is 242 g/mol. The predicted octanol–water partition coefficient (Wildman–Crippen LogP) is 2.86. The maximum atomic E-state index is 6.02. The second kappa shape index (κ2) is 4.72. The quantitative estimate of drug-likeness (QED) is 0.879. The Bertz CT molecular complexity index is 553. The molecule has 0 unspecified atom stereocenters. The Morgan fingerprint density at radius 3 is 2.33 bits per heavy atom. The number of nitrogens with zero attached hydrogens (tertiary/aromatic N) is 3. The van der Waals surface area contributed by atoms with Gasteiger partial charge in [0.2, 0.25) is 0 Å². The highest BCUT2D eigenvalue weighted by Gasteiger charge is 2.13. The number of rotatable bonds is 2. The number of hydrogen-bond donors (Lipinski definition) is 1. The van der Waals surface area contributed by atoms with Crippen molar-refractivity contribution in [3.8, 4) is 11.5 Å². The zero-order valence-electron chi connectivity index (χ0n) is 11.2. The number of nitrogens with two attached hydrogens (primary N) is 1. The van der Waals surface area contributed by atoms with Gasteiger partial charge in [0.25, 0.3) is 0 Å². The smallest absolute Gasteiger partial charge is 0.180 e. The minimum Gasteiger partial charge on any atom is -0.383 e. The fraction of sp³-hybridized carbons (Fsp3) is 0.357. The van der Waals surface area contributed by atoms with Crippen LogP contribution in [-0.4, -0.2) is 15.0 Å². The first-order valence-corrected chi connectivity index (χ1v) is 6.07. The lowest BCUT2D eigenvalue weighted by Crippen LogP contribution is -2.07. The van der Waals surface area contributed by atoms with Gasteiger partial charge in [-0.25, -0.2) is 15.0 Å². The van der Waals surface area contributed by atoms with Crippen molar-refractivity contribution in [2.24, 2.45) is 0 Å². The highest BCUT2D eigenvalue weighted by Crippen LogP contribution is 2.25. The van der Waals surface area contributed by atoms with Crippen LogP contribution in [0.15, 0.2) is 18.2 Å². The Morgan fingerprint density at radius 1 is 1.06 bits per heavy atom. The van der Waals surface area contributed by atoms with E-state index in [1.165, 1.54) is 0 Å². The highest BCUT2D eigenvalue weighted by molar-refractivity contribution is 5.55. The molecule has 0 aliphatic carbocycles. The van der Waals surface area contributed by atoms with E-state index >= 15 is 0 Å². The van der Waals surface area contributed by atoms with E-state index in [-0.39, 0.29) is 0 Å². The molecule has 0 spiro atoms. The molecule has 0 saturated heterocycles. The minimum absolute atomic E-state index is 0.324. The van der Waals surface area contributed by atoms with Crippen LogP contribution in [0.25, 0.3) is 11.5 Å². The fourth-order valence-electron chi connectivity index (χ4n) is 2.10. The Balaban J connectivity index is 2.55. The summed E-state index contributed by atoms with van der Waals surface area (Å²) in [5, 5.41) is 0. The number of nitrogen functional groups attached to an aromatic ring is 1. The Kier molecular flexibility index (Phi) is 3.28. The first-order valence-electron chi connectivity index (χ1n) is 6.07. The second-order valence-electron chi connectivity index (χ2n) is 4.75. The molecule has 0 amide bonds. The van der Waals surface area contributed by atoms with E-state index in [9.17, 15) is 0 Å². The molecule has 0 atom stereocenters. The van der Waals surface area contributed by atoms with Crippen LogP contribution < -0.4 is 5.73 Å². The molecule has 4 nitrogen and oxygen atoms in total. The standard InChI is InChI=1S/C14H18N4/c1-8(2)12-10(4)17-14(18-13(12)15)11-7-5-6-9(3)16-11/h5-8H,1-4H3,(H2,15,17,18). The number of aromatic nitrogens is 3. The Hall–Kier alpha value is -1.97. The second-order valence-corrected chi connectivity index (χ2v) is 4.75. The maximum absolute atomic E-state index is 6.02. The molecule has 94 valence electrons. The summed E-state index contributed by atoms with van der Waals surface area (Å²) in [6.45, 7) is 8.09. The summed E-state index contributed by atoms with van der Waals surface area (Å²) in [5.74, 6) is 1.47. The van der Waals surface area contributed by atoms with E-state index in [1.54, 1.807) is 0 Å². The first kappa shape index (κ1) is 12.5. The first-order chi connectivity index (χ1) is 8.49. The van der Waals surface area contributed by atoms with Gasteiger partial charge >= 0.3 is 0 Å². The van der Waals surface area contributed by atoms with Gasteiger partial charge in [0, 0.05) is 17.0 Å². The van der Waals surface area contributed by atoms with E-state index in [4.69, 9.17) is 5.73 Å². The van der Waals surface area contributed by atoms with Crippen LogP contribution in [0, 0.1) is 13.8 Å². The van der Waals surface area contributed by atoms with E-state index in [0.29, 0.717) is 17.6 Å². The number of hydrogen-bond acceptors (Lipinski definition) is 4. The average molecular weight is 242 g/mol. The third kappa shape index (κ3) is 2.32. The van der Waals surface area contributed by atoms with Gasteiger partial charge in [-0.15, -0.1) is 0 Å². The molecule has 2 aromatic heterocycles. The SMILES string of the molecule is Cc1cccc(-c2nc(C)c(C(C)C)c(N)n2)n1. The highest BCUT2D eigenvalue weighted by atomic mass is 15.0. The largest absolute Gasteiger partial charge is 0.383 e. The molecule has 2 N–H and O–H groups in total. The van der Waals surface area contributed by atoms with Crippen molar-refractivity contribution in [3.63, 3.8) is 0 Å². The molecule has 2 aromatic rings. The summed E-state index contributed by atoms with van der Waals surface area (Å²) in [5.41, 5.74) is 9.67. The molecule has 4 heteroatoms. The van der Waals surface area contributed by atoms with Crippen LogP contribution in [0.4, 0.5) is 5.82 Å². The van der Waals surface area contributed by atoms with Crippen LogP contribution in [0.2, 0.25) is 0 Å². The van der Waals surface area contributed by atoms with Crippen molar-refractivity contribution in [2.75, 3.05) is 5.73 Å². The van der Waals surface area contributed by atoms with Crippen molar-refractivity contribution >= 4 is 5.82 Å². The molecular weight excluding hydrogens is 224 g/mol. The summed E-state index contributed by atoms with van der Waals surface area (Å²) in [4.78, 5) is 13.3. The van der Waals surface area contributed by atoms with Gasteiger partial charge in [0.1, 0.15) is 11.5 Å². The predicted molar refractivity (Wildman–Crippen MR) is 73.2 cm³/mol. The molecule has 18 heavy (non-hydrogen) atoms. The van der Waals surface area contributed by atoms with Crippen LogP contribution in [0.5, 0.6) is 0 Å². The van der Waals surface area contributed by atoms with E-state index in [2.05, 4.69) is 28.8 Å². The van der Waals surface area contributed by atoms with E-state index < -0.39 is 0 Å². The summed E-state index contributed by atoms with van der Waals surface area (Å²) in [6.07, 6.45) is 0. The topological polar surface area (TPSA) is 64.7 Å². The van der Waals surface area contributed by atoms with Gasteiger partial charge in [0.05, 0.1) is 0 Å². The van der Waals surface area contributed by atoms with Crippen molar-refractivity contribution < 1.29 is 0 Å². The van der Waals surface area contributed by atoms with E-state index in [1.807, 2.05) is 32.0 Å². The van der Waals surface area contributed by atoms with Crippen molar-refractivity contribution in [3.05, 3.63) is 35.2 Å². The van der Waals surface area contributed by atoms with Gasteiger partial charge in [0.15, 0.2) is 5.82 Å². The van der Waals surface area contributed by atoms with Crippen molar-refractivity contribution in [1.29, 1.82) is 0 Å². The van der Waals surface area contributed by atoms with Gasteiger partial charge in [-0.1, -0.05) is 19.9 Å². The van der Waals surface area contributed by atoms with Gasteiger partial charge in [-0.05, 0) is 31.9 Å². The summed E-state index contributed by atoms with van der Waals surface area (Å²) < 4.78 is 0. The normalized spacial score (nSPS) is 10.9. The van der Waals surface area contributed by atoms with Gasteiger partial charge in [-0.3, -0.25) is 0 Å². The molecule has 0 saturated carbocycles. The lowest BCUT2D eigenvalue weighted by atomic mass is 10.0. The van der Waals surface area contributed by atoms with Crippen molar-refractivity contribution in [1.82, 2.24) is 15.0 Å². The summed E-state index contributed by atoms with van der Waals surface area (Å²) >= 11 is 0. The maximum Gasteiger partial charge on any atom is 0.180 e. The Morgan fingerprint density at radius 2 is 1.78 bits per heavy atom. The average Bonchev–Trinajstić information content (AvgIpc) is 2.27. The molecule has 0 aromatic carbocycles. The number of aryl methyl sites for hydroxylation is 2. The summed E-state index contributed by atoms with van der Waals surface area (Å²) in [6, 6.07) is 5.79. The van der Waals surface area contributed by atoms with Crippen molar-refractivity contribution in [2.45, 2.75) is 33.6 Å². The van der Waals surface area contributed by atoms with Crippen LogP contribution in [0.3, 0.4) is 0 Å². The molecule has 2 rings (SSSR count). The third-order valence-corrected chi connectivity index (χ3v) is 2.86. The summed E-state index contributed by atoms with van der Waals surface area (Å²) in [7, 11) is 0. The van der Waals surface area contributed by atoms with Gasteiger partial charge in [-0.2, -0.15) is 0 Å². The van der Waals surface area contributed by atoms with Gasteiger partial charge < -0.3 is 5.73 Å². The minimum atomic E-state index is 0.324. The third-order valence-electron chi connectivity index (χ3n) is 2.86. The molecule has 0 aliphatic heterocycles. The molecule has 2 heterocycles. The zero-order chi connectivity index (χ0) is 13.3. The molecule has 0 aliphatic rings. The van der Waals surface area contributed by atoms with Crippen LogP contribution in [0.1, 0.15) is 36.7 Å².